The fourth-order valence-corrected chi connectivity index (χ4v) is 4.38. The van der Waals surface area contributed by atoms with Crippen molar-refractivity contribution in [3.8, 4) is 5.88 Å². The summed E-state index contributed by atoms with van der Waals surface area (Å²) >= 11 is 0. The quantitative estimate of drug-likeness (QED) is 0.428. The predicted molar refractivity (Wildman–Crippen MR) is 120 cm³/mol. The molecule has 0 saturated carbocycles. The van der Waals surface area contributed by atoms with Crippen LogP contribution in [0.5, 0.6) is 5.88 Å². The van der Waals surface area contributed by atoms with Crippen molar-refractivity contribution >= 4 is 0 Å². The number of unbranched alkanes of at least 4 members (excludes halogenated alkanes) is 3. The molecule has 1 aromatic heterocycles. The minimum Gasteiger partial charge on any atom is -0.493 e. The molecule has 30 heavy (non-hydrogen) atoms. The Labute approximate surface area is 178 Å². The first-order chi connectivity index (χ1) is 14.6. The van der Waals surface area contributed by atoms with E-state index in [-0.39, 0.29) is 11.6 Å². The minimum absolute atomic E-state index is 0.0837. The fraction of sp³-hybridized carbons (Fsp3) is 0.400. The highest BCUT2D eigenvalue weighted by Crippen LogP contribution is 2.27. The van der Waals surface area contributed by atoms with E-state index in [4.69, 9.17) is 0 Å². The summed E-state index contributed by atoms with van der Waals surface area (Å²) in [6, 6.07) is 18.7. The molecule has 1 N–H and O–H groups in total. The lowest BCUT2D eigenvalue weighted by molar-refractivity contribution is 0.315. The van der Waals surface area contributed by atoms with Crippen LogP contribution in [-0.4, -0.2) is 32.7 Å². The summed E-state index contributed by atoms with van der Waals surface area (Å²) in [5.41, 5.74) is 4.38. The van der Waals surface area contributed by atoms with Gasteiger partial charge in [-0.3, -0.25) is 9.13 Å². The summed E-state index contributed by atoms with van der Waals surface area (Å²) in [5, 5.41) is 10.6. The Balaban J connectivity index is 1.24. The highest BCUT2D eigenvalue weighted by molar-refractivity contribution is 5.38. The average molecular weight is 406 g/mol. The van der Waals surface area contributed by atoms with Gasteiger partial charge in [-0.1, -0.05) is 67.4 Å². The van der Waals surface area contributed by atoms with Crippen molar-refractivity contribution in [3.05, 3.63) is 87.5 Å². The maximum absolute atomic E-state index is 12.8. The van der Waals surface area contributed by atoms with Crippen molar-refractivity contribution in [2.24, 2.45) is 0 Å². The third-order valence-corrected chi connectivity index (χ3v) is 6.07. The molecular formula is C25H31N3O2. The number of aromatic hydroxyl groups is 1. The molecule has 0 radical (unpaired) electrons. The van der Waals surface area contributed by atoms with Crippen molar-refractivity contribution in [1.82, 2.24) is 14.0 Å². The molecule has 1 aliphatic heterocycles. The van der Waals surface area contributed by atoms with Crippen LogP contribution < -0.4 is 5.69 Å². The van der Waals surface area contributed by atoms with Crippen molar-refractivity contribution in [2.45, 2.75) is 51.7 Å². The number of nitrogens with zero attached hydrogens (tertiary/aromatic N) is 3. The average Bonchev–Trinajstić information content (AvgIpc) is 2.99. The summed E-state index contributed by atoms with van der Waals surface area (Å²) in [6.07, 6.45) is 4.87. The van der Waals surface area contributed by atoms with Crippen LogP contribution >= 0.6 is 0 Å². The lowest BCUT2D eigenvalue weighted by atomic mass is 9.99. The van der Waals surface area contributed by atoms with Gasteiger partial charge in [0.05, 0.1) is 12.2 Å². The van der Waals surface area contributed by atoms with Crippen LogP contribution in [0.3, 0.4) is 0 Å². The molecule has 5 nitrogen and oxygen atoms in total. The van der Waals surface area contributed by atoms with Gasteiger partial charge < -0.3 is 10.0 Å². The Bertz CT molecular complexity index is 1040. The third kappa shape index (κ3) is 4.51. The molecule has 0 spiro atoms. The van der Waals surface area contributed by atoms with E-state index in [1.54, 1.807) is 9.13 Å². The molecule has 0 aliphatic carbocycles. The minimum atomic E-state index is -0.0837. The second-order valence-corrected chi connectivity index (χ2v) is 8.37. The number of hydrogen-bond acceptors (Lipinski definition) is 3. The van der Waals surface area contributed by atoms with E-state index in [1.807, 2.05) is 18.2 Å². The summed E-state index contributed by atoms with van der Waals surface area (Å²) in [4.78, 5) is 15.1. The van der Waals surface area contributed by atoms with Crippen LogP contribution in [0.25, 0.3) is 0 Å². The molecule has 158 valence electrons. The Hall–Kier alpha value is -2.79. The topological polar surface area (TPSA) is 50.4 Å². The monoisotopic (exact) mass is 405 g/mol. The van der Waals surface area contributed by atoms with Gasteiger partial charge in [0.15, 0.2) is 0 Å². The van der Waals surface area contributed by atoms with Gasteiger partial charge in [0, 0.05) is 19.5 Å². The second-order valence-electron chi connectivity index (χ2n) is 8.37. The van der Waals surface area contributed by atoms with Gasteiger partial charge in [-0.2, -0.15) is 0 Å². The number of hydrogen-bond donors (Lipinski definition) is 1. The molecular weight excluding hydrogens is 374 g/mol. The van der Waals surface area contributed by atoms with Crippen molar-refractivity contribution in [1.29, 1.82) is 0 Å². The zero-order chi connectivity index (χ0) is 20.9. The summed E-state index contributed by atoms with van der Waals surface area (Å²) < 4.78 is 3.29. The Morgan fingerprint density at radius 2 is 1.63 bits per heavy atom. The van der Waals surface area contributed by atoms with Gasteiger partial charge in [-0.05, 0) is 43.1 Å². The maximum atomic E-state index is 12.8. The van der Waals surface area contributed by atoms with Crippen molar-refractivity contribution < 1.29 is 5.11 Å². The normalized spacial score (nSPS) is 12.7. The highest BCUT2D eigenvalue weighted by Gasteiger charge is 2.24. The molecule has 0 unspecified atom stereocenters. The Morgan fingerprint density at radius 3 is 2.43 bits per heavy atom. The maximum Gasteiger partial charge on any atom is 0.331 e. The first kappa shape index (κ1) is 20.5. The molecule has 1 aliphatic rings. The summed E-state index contributed by atoms with van der Waals surface area (Å²) in [5.74, 6) is 0.150. The molecule has 0 fully saturated rings. The molecule has 4 rings (SSSR count). The van der Waals surface area contributed by atoms with Crippen molar-refractivity contribution in [2.75, 3.05) is 13.6 Å². The van der Waals surface area contributed by atoms with Gasteiger partial charge >= 0.3 is 5.69 Å². The highest BCUT2D eigenvalue weighted by atomic mass is 16.3. The molecule has 2 aromatic carbocycles. The van der Waals surface area contributed by atoms with Gasteiger partial charge in [-0.25, -0.2) is 4.79 Å². The zero-order valence-electron chi connectivity index (χ0n) is 17.8. The van der Waals surface area contributed by atoms with Crippen LogP contribution in [0.4, 0.5) is 0 Å². The SMILES string of the molecule is CN(CCCCCCn1c(O)c2n(c1=O)Cc1ccccc1C2)Cc1ccccc1. The number of rotatable bonds is 9. The zero-order valence-corrected chi connectivity index (χ0v) is 17.8. The first-order valence-electron chi connectivity index (χ1n) is 10.9. The number of aromatic nitrogens is 2. The molecule has 0 atom stereocenters. The second kappa shape index (κ2) is 9.35. The van der Waals surface area contributed by atoms with Crippen LogP contribution in [0.15, 0.2) is 59.4 Å². The van der Waals surface area contributed by atoms with Gasteiger partial charge in [-0.15, -0.1) is 0 Å². The molecule has 2 heterocycles. The Morgan fingerprint density at radius 1 is 0.933 bits per heavy atom. The largest absolute Gasteiger partial charge is 0.493 e. The van der Waals surface area contributed by atoms with E-state index in [9.17, 15) is 9.90 Å². The van der Waals surface area contributed by atoms with Crippen LogP contribution in [-0.2, 0) is 26.1 Å². The lowest BCUT2D eigenvalue weighted by Crippen LogP contribution is -2.27. The van der Waals surface area contributed by atoms with Crippen molar-refractivity contribution in [3.63, 3.8) is 0 Å². The van der Waals surface area contributed by atoms with E-state index in [1.165, 1.54) is 16.7 Å². The van der Waals surface area contributed by atoms with E-state index >= 15 is 0 Å². The summed E-state index contributed by atoms with van der Waals surface area (Å²) in [6.45, 7) is 3.18. The number of fused-ring (bicyclic) bond motifs is 2. The smallest absolute Gasteiger partial charge is 0.331 e. The molecule has 5 heteroatoms. The standard InChI is InChI=1S/C25H31N3O2/c1-26(18-20-11-5-4-6-12-20)15-9-2-3-10-16-27-24(29)23-17-21-13-7-8-14-22(21)19-28(23)25(27)30/h4-8,11-14,29H,2-3,9-10,15-19H2,1H3. The Kier molecular flexibility index (Phi) is 6.38. The lowest BCUT2D eigenvalue weighted by Gasteiger charge is -2.17. The molecule has 0 bridgehead atoms. The van der Waals surface area contributed by atoms with E-state index < -0.39 is 0 Å². The predicted octanol–water partition coefficient (Wildman–Crippen LogP) is 4.00. The fourth-order valence-electron chi connectivity index (χ4n) is 4.38. The third-order valence-electron chi connectivity index (χ3n) is 6.07. The van der Waals surface area contributed by atoms with Crippen LogP contribution in [0.1, 0.15) is 48.1 Å². The number of benzene rings is 2. The molecule has 0 amide bonds. The molecule has 0 saturated heterocycles. The van der Waals surface area contributed by atoms with Crippen LogP contribution in [0.2, 0.25) is 0 Å². The van der Waals surface area contributed by atoms with Gasteiger partial charge in [0.25, 0.3) is 0 Å². The summed E-state index contributed by atoms with van der Waals surface area (Å²) in [7, 11) is 2.16. The molecule has 3 aromatic rings. The van der Waals surface area contributed by atoms with Crippen LogP contribution in [0, 0.1) is 0 Å². The van der Waals surface area contributed by atoms with Gasteiger partial charge in [0.1, 0.15) is 0 Å². The van der Waals surface area contributed by atoms with E-state index in [0.717, 1.165) is 44.5 Å². The van der Waals surface area contributed by atoms with E-state index in [2.05, 4.69) is 48.3 Å². The van der Waals surface area contributed by atoms with Gasteiger partial charge in [0.2, 0.25) is 5.88 Å². The first-order valence-corrected chi connectivity index (χ1v) is 10.9. The number of imidazole rings is 1. The van der Waals surface area contributed by atoms with E-state index in [0.29, 0.717) is 19.5 Å².